The van der Waals surface area contributed by atoms with Gasteiger partial charge in [-0.3, -0.25) is 9.59 Å². The van der Waals surface area contributed by atoms with Crippen molar-refractivity contribution in [2.75, 3.05) is 24.5 Å². The zero-order valence-electron chi connectivity index (χ0n) is 18.7. The summed E-state index contributed by atoms with van der Waals surface area (Å²) in [6.45, 7) is 1.75. The van der Waals surface area contributed by atoms with Crippen LogP contribution in [0, 0.1) is 5.92 Å². The number of anilines is 1. The van der Waals surface area contributed by atoms with Gasteiger partial charge in [-0.2, -0.15) is 0 Å². The number of carbonyl (C=O) groups is 1. The normalized spacial score (nSPS) is 16.0. The molecule has 3 N–H and O–H groups in total. The Kier molecular flexibility index (Phi) is 6.36. The van der Waals surface area contributed by atoms with Crippen molar-refractivity contribution in [1.82, 2.24) is 20.3 Å². The monoisotopic (exact) mass is 475 g/mol. The maximum absolute atomic E-state index is 13.4. The Balaban J connectivity index is 1.45. The van der Waals surface area contributed by atoms with Crippen molar-refractivity contribution in [1.29, 1.82) is 0 Å². The second kappa shape index (κ2) is 9.73. The van der Waals surface area contributed by atoms with Gasteiger partial charge in [-0.15, -0.1) is 0 Å². The molecule has 1 saturated heterocycles. The molecule has 1 amide bonds. The fourth-order valence-corrected chi connectivity index (χ4v) is 4.91. The SMILES string of the molecule is O=C(NCCc1cnc[nH]1)[C@@H]1CCCN(c2c(-c3ccccc3)c3cc(Cl)ccc3[nH]c2=O)C1. The lowest BCUT2D eigenvalue weighted by molar-refractivity contribution is -0.125. The number of rotatable bonds is 6. The molecule has 0 unspecified atom stereocenters. The van der Waals surface area contributed by atoms with Gasteiger partial charge in [0, 0.05) is 59.4 Å². The molecule has 1 fully saturated rings. The van der Waals surface area contributed by atoms with E-state index >= 15 is 0 Å². The molecule has 0 saturated carbocycles. The van der Waals surface area contributed by atoms with Gasteiger partial charge in [-0.25, -0.2) is 4.98 Å². The summed E-state index contributed by atoms with van der Waals surface area (Å²) in [6.07, 6.45) is 5.72. The van der Waals surface area contributed by atoms with Gasteiger partial charge in [0.2, 0.25) is 5.91 Å². The highest BCUT2D eigenvalue weighted by Gasteiger charge is 2.29. The van der Waals surface area contributed by atoms with Gasteiger partial charge < -0.3 is 20.2 Å². The molecule has 1 aliphatic heterocycles. The number of amides is 1. The molecule has 2 aromatic heterocycles. The Morgan fingerprint density at radius 1 is 1.21 bits per heavy atom. The van der Waals surface area contributed by atoms with Gasteiger partial charge in [0.05, 0.1) is 12.2 Å². The standard InChI is InChI=1S/C26H26ClN5O2/c27-19-8-9-22-21(13-19)23(17-5-2-1-3-6-17)24(26(34)31-22)32-12-4-7-18(15-32)25(33)29-11-10-20-14-28-16-30-20/h1-3,5-6,8-9,13-14,16,18H,4,7,10-12,15H2,(H,28,30)(H,29,33)(H,31,34)/t18-/m1/s1. The topological polar surface area (TPSA) is 93.9 Å². The highest BCUT2D eigenvalue weighted by Crippen LogP contribution is 2.37. The number of nitrogens with zero attached hydrogens (tertiary/aromatic N) is 2. The van der Waals surface area contributed by atoms with Crippen LogP contribution in [-0.2, 0) is 11.2 Å². The molecule has 5 rings (SSSR count). The van der Waals surface area contributed by atoms with Gasteiger partial charge in [-0.1, -0.05) is 41.9 Å². The third-order valence-electron chi connectivity index (χ3n) is 6.37. The quantitative estimate of drug-likeness (QED) is 0.390. The molecule has 1 aliphatic rings. The number of benzene rings is 2. The summed E-state index contributed by atoms with van der Waals surface area (Å²) in [5, 5.41) is 4.54. The van der Waals surface area contributed by atoms with Crippen LogP contribution in [0.2, 0.25) is 5.02 Å². The average molecular weight is 476 g/mol. The molecule has 3 heterocycles. The zero-order valence-corrected chi connectivity index (χ0v) is 19.4. The summed E-state index contributed by atoms with van der Waals surface area (Å²) in [5.74, 6) is -0.167. The lowest BCUT2D eigenvalue weighted by Crippen LogP contribution is -2.45. The molecule has 7 nitrogen and oxygen atoms in total. The van der Waals surface area contributed by atoms with Gasteiger partial charge in [-0.05, 0) is 36.6 Å². The van der Waals surface area contributed by atoms with Crippen molar-refractivity contribution < 1.29 is 4.79 Å². The van der Waals surface area contributed by atoms with Crippen LogP contribution >= 0.6 is 11.6 Å². The molecule has 4 aromatic rings. The summed E-state index contributed by atoms with van der Waals surface area (Å²) in [5.41, 5.74) is 3.95. The van der Waals surface area contributed by atoms with Crippen LogP contribution in [0.5, 0.6) is 0 Å². The largest absolute Gasteiger partial charge is 0.366 e. The predicted octanol–water partition coefficient (Wildman–Crippen LogP) is 4.15. The molecular weight excluding hydrogens is 450 g/mol. The number of carbonyl (C=O) groups excluding carboxylic acids is 1. The van der Waals surface area contributed by atoms with Crippen molar-refractivity contribution >= 4 is 34.1 Å². The van der Waals surface area contributed by atoms with Crippen molar-refractivity contribution in [2.24, 2.45) is 5.92 Å². The Morgan fingerprint density at radius 3 is 2.85 bits per heavy atom. The maximum atomic E-state index is 13.4. The van der Waals surface area contributed by atoms with Crippen molar-refractivity contribution in [2.45, 2.75) is 19.3 Å². The van der Waals surface area contributed by atoms with Crippen LogP contribution < -0.4 is 15.8 Å². The van der Waals surface area contributed by atoms with Crippen molar-refractivity contribution in [3.05, 3.63) is 82.1 Å². The number of nitrogens with one attached hydrogen (secondary N) is 3. The minimum Gasteiger partial charge on any atom is -0.366 e. The Bertz CT molecular complexity index is 1350. The molecule has 2 aromatic carbocycles. The first-order chi connectivity index (χ1) is 16.6. The fraction of sp³-hybridized carbons (Fsp3) is 0.269. The van der Waals surface area contributed by atoms with Crippen LogP contribution in [-0.4, -0.2) is 40.5 Å². The molecule has 8 heteroatoms. The number of hydrogen-bond donors (Lipinski definition) is 3. The third-order valence-corrected chi connectivity index (χ3v) is 6.61. The molecule has 0 bridgehead atoms. The van der Waals surface area contributed by atoms with E-state index in [-0.39, 0.29) is 17.4 Å². The number of pyridine rings is 1. The molecular formula is C26H26ClN5O2. The lowest BCUT2D eigenvalue weighted by Gasteiger charge is -2.34. The number of H-pyrrole nitrogens is 2. The first-order valence-corrected chi connectivity index (χ1v) is 11.9. The summed E-state index contributed by atoms with van der Waals surface area (Å²) in [7, 11) is 0. The van der Waals surface area contributed by atoms with Crippen LogP contribution in [0.25, 0.3) is 22.0 Å². The summed E-state index contributed by atoms with van der Waals surface area (Å²) in [6, 6.07) is 15.4. The van der Waals surface area contributed by atoms with E-state index in [9.17, 15) is 9.59 Å². The number of piperidine rings is 1. The number of halogens is 1. The average Bonchev–Trinajstić information content (AvgIpc) is 3.37. The third kappa shape index (κ3) is 4.56. The molecule has 0 radical (unpaired) electrons. The van der Waals surface area contributed by atoms with E-state index in [0.29, 0.717) is 36.8 Å². The highest BCUT2D eigenvalue weighted by atomic mass is 35.5. The second-order valence-corrected chi connectivity index (χ2v) is 9.07. The van der Waals surface area contributed by atoms with E-state index < -0.39 is 0 Å². The van der Waals surface area contributed by atoms with Crippen LogP contribution in [0.3, 0.4) is 0 Å². The second-order valence-electron chi connectivity index (χ2n) is 8.64. The molecule has 34 heavy (non-hydrogen) atoms. The Labute approximate surface area is 202 Å². The van der Waals surface area contributed by atoms with Crippen LogP contribution in [0.1, 0.15) is 18.5 Å². The minimum atomic E-state index is -0.186. The smallest absolute Gasteiger partial charge is 0.272 e. The van der Waals surface area contributed by atoms with E-state index in [2.05, 4.69) is 25.2 Å². The Hall–Kier alpha value is -3.58. The van der Waals surface area contributed by atoms with E-state index in [0.717, 1.165) is 40.6 Å². The first-order valence-electron chi connectivity index (χ1n) is 11.5. The van der Waals surface area contributed by atoms with E-state index in [1.807, 2.05) is 42.5 Å². The number of hydrogen-bond acceptors (Lipinski definition) is 4. The van der Waals surface area contributed by atoms with E-state index in [1.165, 1.54) is 0 Å². The summed E-state index contributed by atoms with van der Waals surface area (Å²) < 4.78 is 0. The molecule has 174 valence electrons. The molecule has 1 atom stereocenters. The maximum Gasteiger partial charge on any atom is 0.272 e. The van der Waals surface area contributed by atoms with Gasteiger partial charge in [0.1, 0.15) is 5.69 Å². The Morgan fingerprint density at radius 2 is 2.06 bits per heavy atom. The number of aromatic amines is 2. The van der Waals surface area contributed by atoms with E-state index in [1.54, 1.807) is 18.6 Å². The van der Waals surface area contributed by atoms with Crippen LogP contribution in [0.15, 0.2) is 65.8 Å². The zero-order chi connectivity index (χ0) is 23.5. The minimum absolute atomic E-state index is 0.0192. The molecule has 0 spiro atoms. The van der Waals surface area contributed by atoms with Gasteiger partial charge in [0.25, 0.3) is 5.56 Å². The number of fused-ring (bicyclic) bond motifs is 1. The van der Waals surface area contributed by atoms with E-state index in [4.69, 9.17) is 11.6 Å². The van der Waals surface area contributed by atoms with Gasteiger partial charge >= 0.3 is 0 Å². The number of aromatic nitrogens is 3. The van der Waals surface area contributed by atoms with Crippen LogP contribution in [0.4, 0.5) is 5.69 Å². The fourth-order valence-electron chi connectivity index (χ4n) is 4.73. The molecule has 0 aliphatic carbocycles. The lowest BCUT2D eigenvalue weighted by atomic mass is 9.94. The first kappa shape index (κ1) is 22.2. The predicted molar refractivity (Wildman–Crippen MR) is 135 cm³/mol. The number of imidazole rings is 1. The van der Waals surface area contributed by atoms with Crippen molar-refractivity contribution in [3.63, 3.8) is 0 Å². The highest BCUT2D eigenvalue weighted by molar-refractivity contribution is 6.31. The van der Waals surface area contributed by atoms with Gasteiger partial charge in [0.15, 0.2) is 0 Å². The van der Waals surface area contributed by atoms with Crippen molar-refractivity contribution in [3.8, 4) is 11.1 Å². The summed E-state index contributed by atoms with van der Waals surface area (Å²) >= 11 is 6.34. The summed E-state index contributed by atoms with van der Waals surface area (Å²) in [4.78, 5) is 38.4.